The van der Waals surface area contributed by atoms with Crippen molar-refractivity contribution in [1.82, 2.24) is 0 Å². The summed E-state index contributed by atoms with van der Waals surface area (Å²) in [4.78, 5) is 10.5. The van der Waals surface area contributed by atoms with Crippen LogP contribution >= 0.6 is 15.9 Å². The van der Waals surface area contributed by atoms with E-state index in [1.165, 1.54) is 0 Å². The van der Waals surface area contributed by atoms with E-state index in [0.29, 0.717) is 0 Å². The highest BCUT2D eigenvalue weighted by atomic mass is 79.9. The van der Waals surface area contributed by atoms with Gasteiger partial charge >= 0.3 is 5.97 Å². The molecule has 1 rings (SSSR count). The molecule has 0 saturated heterocycles. The number of carboxylic acids is 1. The smallest absolute Gasteiger partial charge is 0.325 e. The van der Waals surface area contributed by atoms with Crippen molar-refractivity contribution in [2.45, 2.75) is 6.04 Å². The molecular formula is C8H6BrF2NO2. The monoisotopic (exact) mass is 265 g/mol. The molecule has 0 bridgehead atoms. The Kier molecular flexibility index (Phi) is 3.17. The van der Waals surface area contributed by atoms with Crippen molar-refractivity contribution in [1.29, 1.82) is 0 Å². The molecule has 0 spiro atoms. The molecule has 6 heteroatoms. The molecule has 0 aliphatic heterocycles. The third-order valence-electron chi connectivity index (χ3n) is 1.64. The normalized spacial score (nSPS) is 12.6. The molecule has 1 atom stereocenters. The van der Waals surface area contributed by atoms with Crippen LogP contribution in [-0.4, -0.2) is 11.1 Å². The quantitative estimate of drug-likeness (QED) is 0.802. The molecule has 0 fully saturated rings. The van der Waals surface area contributed by atoms with E-state index in [9.17, 15) is 13.6 Å². The number of nitrogens with two attached hydrogens (primary N) is 1. The SMILES string of the molecule is NC(C(=O)O)c1cc(F)c(F)cc1Br. The van der Waals surface area contributed by atoms with Crippen LogP contribution < -0.4 is 5.73 Å². The Hall–Kier alpha value is -1.01. The highest BCUT2D eigenvalue weighted by Gasteiger charge is 2.19. The van der Waals surface area contributed by atoms with Gasteiger partial charge in [0.15, 0.2) is 11.6 Å². The first-order chi connectivity index (χ1) is 6.43. The molecule has 0 saturated carbocycles. The number of benzene rings is 1. The predicted octanol–water partition coefficient (Wildman–Crippen LogP) is 1.81. The second-order valence-corrected chi connectivity index (χ2v) is 3.46. The lowest BCUT2D eigenvalue weighted by atomic mass is 10.1. The van der Waals surface area contributed by atoms with Crippen molar-refractivity contribution in [2.75, 3.05) is 0 Å². The molecule has 3 nitrogen and oxygen atoms in total. The third kappa shape index (κ3) is 2.08. The van der Waals surface area contributed by atoms with E-state index in [2.05, 4.69) is 15.9 Å². The number of rotatable bonds is 2. The van der Waals surface area contributed by atoms with Crippen molar-refractivity contribution >= 4 is 21.9 Å². The minimum absolute atomic E-state index is 0.00333. The number of halogens is 3. The highest BCUT2D eigenvalue weighted by molar-refractivity contribution is 9.10. The van der Waals surface area contributed by atoms with Crippen LogP contribution in [0.25, 0.3) is 0 Å². The Morgan fingerprint density at radius 1 is 1.43 bits per heavy atom. The van der Waals surface area contributed by atoms with Gasteiger partial charge in [-0.1, -0.05) is 15.9 Å². The first-order valence-electron chi connectivity index (χ1n) is 3.56. The van der Waals surface area contributed by atoms with Gasteiger partial charge < -0.3 is 10.8 Å². The maximum Gasteiger partial charge on any atom is 0.325 e. The van der Waals surface area contributed by atoms with Crippen LogP contribution in [0.3, 0.4) is 0 Å². The van der Waals surface area contributed by atoms with Gasteiger partial charge in [0.2, 0.25) is 0 Å². The van der Waals surface area contributed by atoms with Gasteiger partial charge in [-0.05, 0) is 17.7 Å². The van der Waals surface area contributed by atoms with E-state index in [1.807, 2.05) is 0 Å². The number of aliphatic carboxylic acids is 1. The van der Waals surface area contributed by atoms with E-state index in [-0.39, 0.29) is 10.0 Å². The molecular weight excluding hydrogens is 260 g/mol. The van der Waals surface area contributed by atoms with Crippen LogP contribution in [0.15, 0.2) is 16.6 Å². The van der Waals surface area contributed by atoms with Gasteiger partial charge in [-0.15, -0.1) is 0 Å². The Morgan fingerprint density at radius 2 is 1.93 bits per heavy atom. The first-order valence-corrected chi connectivity index (χ1v) is 4.35. The minimum atomic E-state index is -1.38. The van der Waals surface area contributed by atoms with Gasteiger partial charge in [0.25, 0.3) is 0 Å². The van der Waals surface area contributed by atoms with E-state index >= 15 is 0 Å². The molecule has 76 valence electrons. The fourth-order valence-corrected chi connectivity index (χ4v) is 1.47. The lowest BCUT2D eigenvalue weighted by molar-refractivity contribution is -0.138. The number of hydrogen-bond donors (Lipinski definition) is 2. The standard InChI is InChI=1S/C8H6BrF2NO2/c9-4-2-6(11)5(10)1-3(4)7(12)8(13)14/h1-2,7H,12H2,(H,13,14). The molecule has 3 N–H and O–H groups in total. The minimum Gasteiger partial charge on any atom is -0.480 e. The van der Waals surface area contributed by atoms with Gasteiger partial charge in [-0.2, -0.15) is 0 Å². The van der Waals surface area contributed by atoms with E-state index < -0.39 is 23.6 Å². The maximum atomic E-state index is 12.7. The molecule has 0 heterocycles. The van der Waals surface area contributed by atoms with Gasteiger partial charge in [-0.25, -0.2) is 8.78 Å². The molecule has 0 radical (unpaired) electrons. The number of hydrogen-bond acceptors (Lipinski definition) is 2. The molecule has 0 aliphatic carbocycles. The van der Waals surface area contributed by atoms with Crippen LogP contribution in [0.2, 0.25) is 0 Å². The molecule has 0 aliphatic rings. The zero-order valence-corrected chi connectivity index (χ0v) is 8.38. The topological polar surface area (TPSA) is 63.3 Å². The molecule has 14 heavy (non-hydrogen) atoms. The molecule has 0 aromatic heterocycles. The Bertz CT molecular complexity index is 384. The van der Waals surface area contributed by atoms with Gasteiger partial charge in [0, 0.05) is 4.47 Å². The van der Waals surface area contributed by atoms with Crippen LogP contribution in [0.1, 0.15) is 11.6 Å². The summed E-state index contributed by atoms with van der Waals surface area (Å²) in [6, 6.07) is 0.227. The Morgan fingerprint density at radius 3 is 2.43 bits per heavy atom. The number of carboxylic acid groups (broad SMARTS) is 1. The zero-order valence-electron chi connectivity index (χ0n) is 6.80. The summed E-state index contributed by atoms with van der Waals surface area (Å²) in [6.45, 7) is 0. The predicted molar refractivity (Wildman–Crippen MR) is 48.6 cm³/mol. The molecule has 1 aromatic carbocycles. The van der Waals surface area contributed by atoms with Gasteiger partial charge in [0.05, 0.1) is 0 Å². The Balaban J connectivity index is 3.22. The van der Waals surface area contributed by atoms with Crippen LogP contribution in [0.4, 0.5) is 8.78 Å². The van der Waals surface area contributed by atoms with Gasteiger partial charge in [-0.3, -0.25) is 4.79 Å². The highest BCUT2D eigenvalue weighted by Crippen LogP contribution is 2.25. The Labute approximate surface area is 86.7 Å². The summed E-state index contributed by atoms with van der Waals surface area (Å²) in [7, 11) is 0. The second-order valence-electron chi connectivity index (χ2n) is 2.60. The summed E-state index contributed by atoms with van der Waals surface area (Å²) in [5.41, 5.74) is 5.24. The van der Waals surface area contributed by atoms with E-state index in [1.54, 1.807) is 0 Å². The van der Waals surface area contributed by atoms with Crippen molar-refractivity contribution in [3.63, 3.8) is 0 Å². The summed E-state index contributed by atoms with van der Waals surface area (Å²) >= 11 is 2.90. The fraction of sp³-hybridized carbons (Fsp3) is 0.125. The zero-order chi connectivity index (χ0) is 10.9. The molecule has 1 unspecified atom stereocenters. The van der Waals surface area contributed by atoms with Crippen LogP contribution in [0.5, 0.6) is 0 Å². The van der Waals surface area contributed by atoms with Crippen molar-refractivity contribution in [2.24, 2.45) is 5.73 Å². The first kappa shape index (κ1) is 11.1. The number of carbonyl (C=O) groups is 1. The molecule has 1 aromatic rings. The lowest BCUT2D eigenvalue weighted by Crippen LogP contribution is -2.21. The van der Waals surface area contributed by atoms with Crippen LogP contribution in [-0.2, 0) is 4.79 Å². The largest absolute Gasteiger partial charge is 0.480 e. The maximum absolute atomic E-state index is 12.7. The van der Waals surface area contributed by atoms with Gasteiger partial charge in [0.1, 0.15) is 6.04 Å². The average molecular weight is 266 g/mol. The fourth-order valence-electron chi connectivity index (χ4n) is 0.909. The molecule has 0 amide bonds. The van der Waals surface area contributed by atoms with E-state index in [0.717, 1.165) is 12.1 Å². The van der Waals surface area contributed by atoms with E-state index in [4.69, 9.17) is 10.8 Å². The van der Waals surface area contributed by atoms with Crippen molar-refractivity contribution < 1.29 is 18.7 Å². The average Bonchev–Trinajstić information content (AvgIpc) is 2.10. The van der Waals surface area contributed by atoms with Crippen LogP contribution in [0, 0.1) is 11.6 Å². The summed E-state index contributed by atoms with van der Waals surface area (Å²) < 4.78 is 25.5. The lowest BCUT2D eigenvalue weighted by Gasteiger charge is -2.09. The summed E-state index contributed by atoms with van der Waals surface area (Å²) in [5, 5.41) is 8.56. The van der Waals surface area contributed by atoms with Crippen molar-refractivity contribution in [3.8, 4) is 0 Å². The summed E-state index contributed by atoms with van der Waals surface area (Å²) in [6.07, 6.45) is 0. The van der Waals surface area contributed by atoms with Crippen molar-refractivity contribution in [3.05, 3.63) is 33.8 Å². The second kappa shape index (κ2) is 4.02. The summed E-state index contributed by atoms with van der Waals surface area (Å²) in [5.74, 6) is -3.49. The third-order valence-corrected chi connectivity index (χ3v) is 2.33.